The molecule has 3 N–H and O–H groups in total. The number of aromatic nitrogens is 2. The lowest BCUT2D eigenvalue weighted by molar-refractivity contribution is -0.00399. The molecule has 2 unspecified atom stereocenters. The third-order valence-corrected chi connectivity index (χ3v) is 3.98. The molecule has 0 saturated carbocycles. The van der Waals surface area contributed by atoms with E-state index in [9.17, 15) is 4.79 Å². The van der Waals surface area contributed by atoms with E-state index in [4.69, 9.17) is 19.4 Å². The summed E-state index contributed by atoms with van der Waals surface area (Å²) in [7, 11) is 5.20. The molecule has 1 aromatic rings. The standard InChI is InChI=1S/C13H21N5O4S/c1-15-17(2)23-21-7-5-9-10(20-3)8-12(22-9)18-6-4-11(14)16-13(18)19/h4-7,9-10,12,15H,8H2,1-3H3,(H2,14,16,19)/b7-5-/t9?,10-,12?/m0/s1. The van der Waals surface area contributed by atoms with Crippen LogP contribution < -0.4 is 16.8 Å². The van der Waals surface area contributed by atoms with E-state index in [1.54, 1.807) is 36.9 Å². The minimum Gasteiger partial charge on any atom is -0.417 e. The predicted octanol–water partition coefficient (Wildman–Crippen LogP) is 0.288. The maximum atomic E-state index is 11.9. The summed E-state index contributed by atoms with van der Waals surface area (Å²) in [5, 5.41) is 0. The first-order valence-corrected chi connectivity index (χ1v) is 7.69. The number of nitrogens with zero attached hydrogens (tertiary/aromatic N) is 3. The predicted molar refractivity (Wildman–Crippen MR) is 86.9 cm³/mol. The Kier molecular flexibility index (Phi) is 6.42. The average molecular weight is 343 g/mol. The van der Waals surface area contributed by atoms with Crippen LogP contribution in [0.3, 0.4) is 0 Å². The fraction of sp³-hybridized carbons (Fsp3) is 0.538. The molecule has 0 spiro atoms. The first-order valence-electron chi connectivity index (χ1n) is 6.99. The van der Waals surface area contributed by atoms with Crippen LogP contribution in [0.1, 0.15) is 12.6 Å². The highest BCUT2D eigenvalue weighted by Gasteiger charge is 2.35. The minimum absolute atomic E-state index is 0.183. The zero-order valence-electron chi connectivity index (χ0n) is 13.2. The largest absolute Gasteiger partial charge is 0.417 e. The van der Waals surface area contributed by atoms with Crippen LogP contribution in [-0.4, -0.2) is 47.4 Å². The number of nitrogens with two attached hydrogens (primary N) is 1. The lowest BCUT2D eigenvalue weighted by Crippen LogP contribution is -2.27. The van der Waals surface area contributed by atoms with Crippen LogP contribution in [0.25, 0.3) is 0 Å². The van der Waals surface area contributed by atoms with Crippen molar-refractivity contribution in [3.63, 3.8) is 0 Å². The van der Waals surface area contributed by atoms with Crippen molar-refractivity contribution in [1.29, 1.82) is 0 Å². The molecule has 1 fully saturated rings. The third kappa shape index (κ3) is 4.69. The smallest absolute Gasteiger partial charge is 0.351 e. The van der Waals surface area contributed by atoms with Gasteiger partial charge in [-0.15, -0.1) is 0 Å². The van der Waals surface area contributed by atoms with Gasteiger partial charge >= 0.3 is 5.69 Å². The number of nitrogens with one attached hydrogen (secondary N) is 1. The first-order chi connectivity index (χ1) is 11.0. The highest BCUT2D eigenvalue weighted by Crippen LogP contribution is 2.30. The van der Waals surface area contributed by atoms with Crippen LogP contribution in [0.5, 0.6) is 0 Å². The molecule has 0 aliphatic carbocycles. The van der Waals surface area contributed by atoms with Crippen LogP contribution >= 0.6 is 12.2 Å². The van der Waals surface area contributed by atoms with Crippen LogP contribution in [0, 0.1) is 0 Å². The van der Waals surface area contributed by atoms with Crippen LogP contribution in [0.15, 0.2) is 29.4 Å². The van der Waals surface area contributed by atoms with E-state index in [0.717, 1.165) is 12.2 Å². The number of anilines is 1. The van der Waals surface area contributed by atoms with Gasteiger partial charge in [-0.05, 0) is 19.2 Å². The second-order valence-electron chi connectivity index (χ2n) is 4.83. The summed E-state index contributed by atoms with van der Waals surface area (Å²) < 4.78 is 19.7. The van der Waals surface area contributed by atoms with E-state index in [1.807, 2.05) is 7.05 Å². The first kappa shape index (κ1) is 17.8. The number of hydrazine groups is 1. The van der Waals surface area contributed by atoms with Crippen LogP contribution in [0.4, 0.5) is 5.82 Å². The number of hydrogen-bond acceptors (Lipinski definition) is 9. The Morgan fingerprint density at radius 2 is 2.43 bits per heavy atom. The van der Waals surface area contributed by atoms with Crippen LogP contribution in [-0.2, 0) is 13.7 Å². The molecule has 0 bridgehead atoms. The SMILES string of the molecule is CNN(C)SO/C=C\C1OC(n2ccc(N)nc2=O)C[C@@H]1OC. The summed E-state index contributed by atoms with van der Waals surface area (Å²) in [5.74, 6) is 0.183. The molecule has 23 heavy (non-hydrogen) atoms. The normalized spacial score (nSPS) is 24.6. The van der Waals surface area contributed by atoms with Gasteiger partial charge in [-0.2, -0.15) is 9.40 Å². The molecule has 10 heteroatoms. The maximum absolute atomic E-state index is 11.9. The highest BCUT2D eigenvalue weighted by atomic mass is 32.2. The van der Waals surface area contributed by atoms with Gasteiger partial charge in [0.25, 0.3) is 0 Å². The number of hydrogen-bond donors (Lipinski definition) is 2. The van der Waals surface area contributed by atoms with Crippen molar-refractivity contribution in [2.24, 2.45) is 0 Å². The van der Waals surface area contributed by atoms with Crippen LogP contribution in [0.2, 0.25) is 0 Å². The van der Waals surface area contributed by atoms with Crippen molar-refractivity contribution in [2.45, 2.75) is 24.9 Å². The minimum atomic E-state index is -0.456. The Bertz CT molecular complexity index is 596. The van der Waals surface area contributed by atoms with Gasteiger partial charge in [-0.1, -0.05) is 0 Å². The van der Waals surface area contributed by atoms with Gasteiger partial charge in [0.1, 0.15) is 24.4 Å². The zero-order valence-corrected chi connectivity index (χ0v) is 14.0. The lowest BCUT2D eigenvalue weighted by Gasteiger charge is -2.14. The fourth-order valence-electron chi connectivity index (χ4n) is 2.12. The van der Waals surface area contributed by atoms with Crippen molar-refractivity contribution in [3.8, 4) is 0 Å². The lowest BCUT2D eigenvalue weighted by atomic mass is 10.2. The fourth-order valence-corrected chi connectivity index (χ4v) is 2.43. The van der Waals surface area contributed by atoms with Crippen molar-refractivity contribution in [3.05, 3.63) is 35.1 Å². The molecule has 2 rings (SSSR count). The Balaban J connectivity index is 1.99. The summed E-state index contributed by atoms with van der Waals surface area (Å²) >= 11 is 1.13. The Morgan fingerprint density at radius 3 is 3.09 bits per heavy atom. The third-order valence-electron chi connectivity index (χ3n) is 3.37. The van der Waals surface area contributed by atoms with Gasteiger partial charge in [-0.25, -0.2) is 10.2 Å². The van der Waals surface area contributed by atoms with Gasteiger partial charge in [0.2, 0.25) is 0 Å². The summed E-state index contributed by atoms with van der Waals surface area (Å²) in [6, 6.07) is 1.56. The molecule has 128 valence electrons. The van der Waals surface area contributed by atoms with E-state index >= 15 is 0 Å². The van der Waals surface area contributed by atoms with Gasteiger partial charge in [-0.3, -0.25) is 4.57 Å². The molecule has 0 radical (unpaired) electrons. The highest BCUT2D eigenvalue weighted by molar-refractivity contribution is 7.92. The Labute approximate surface area is 138 Å². The molecule has 9 nitrogen and oxygen atoms in total. The average Bonchev–Trinajstić information content (AvgIpc) is 2.94. The molecule has 1 aliphatic rings. The van der Waals surface area contributed by atoms with Crippen molar-refractivity contribution in [2.75, 3.05) is 26.9 Å². The summed E-state index contributed by atoms with van der Waals surface area (Å²) in [6.45, 7) is 0. The number of methoxy groups -OCH3 is 1. The summed E-state index contributed by atoms with van der Waals surface area (Å²) in [4.78, 5) is 15.6. The van der Waals surface area contributed by atoms with E-state index in [2.05, 4.69) is 10.4 Å². The maximum Gasteiger partial charge on any atom is 0.351 e. The second-order valence-corrected chi connectivity index (χ2v) is 5.72. The van der Waals surface area contributed by atoms with Gasteiger partial charge in [0.05, 0.1) is 6.10 Å². The van der Waals surface area contributed by atoms with E-state index in [0.29, 0.717) is 6.42 Å². The van der Waals surface area contributed by atoms with Gasteiger partial charge in [0, 0.05) is 26.8 Å². The number of ether oxygens (including phenoxy) is 2. The molecule has 0 amide bonds. The zero-order chi connectivity index (χ0) is 16.8. The van der Waals surface area contributed by atoms with E-state index in [1.165, 1.54) is 10.8 Å². The topological polar surface area (TPSA) is 104 Å². The van der Waals surface area contributed by atoms with Gasteiger partial charge in [0.15, 0.2) is 12.2 Å². The quantitative estimate of drug-likeness (QED) is 0.313. The van der Waals surface area contributed by atoms with E-state index < -0.39 is 11.9 Å². The monoisotopic (exact) mass is 343 g/mol. The molecule has 0 aromatic carbocycles. The van der Waals surface area contributed by atoms with Crippen molar-refractivity contribution in [1.82, 2.24) is 19.4 Å². The summed E-state index contributed by atoms with van der Waals surface area (Å²) in [5.41, 5.74) is 7.93. The van der Waals surface area contributed by atoms with Crippen molar-refractivity contribution < 1.29 is 13.7 Å². The Morgan fingerprint density at radius 1 is 1.65 bits per heavy atom. The second kappa shape index (κ2) is 8.31. The van der Waals surface area contributed by atoms with Crippen molar-refractivity contribution >= 4 is 18.0 Å². The van der Waals surface area contributed by atoms with Gasteiger partial charge < -0.3 is 19.4 Å². The molecule has 3 atom stereocenters. The molecular formula is C13H21N5O4S. The Hall–Kier alpha value is -1.59. The molecule has 1 aliphatic heterocycles. The molecular weight excluding hydrogens is 322 g/mol. The number of nitrogen functional groups attached to an aromatic ring is 1. The molecule has 1 aromatic heterocycles. The summed E-state index contributed by atoms with van der Waals surface area (Å²) in [6.07, 6.45) is 4.42. The van der Waals surface area contributed by atoms with E-state index in [-0.39, 0.29) is 18.0 Å². The molecule has 1 saturated heterocycles. The number of rotatable bonds is 7. The molecule has 2 heterocycles.